The van der Waals surface area contributed by atoms with Crippen LogP contribution in [-0.4, -0.2) is 9.52 Å². The van der Waals surface area contributed by atoms with E-state index in [9.17, 15) is 0 Å². The van der Waals surface area contributed by atoms with Crippen molar-refractivity contribution in [2.45, 2.75) is 13.8 Å². The van der Waals surface area contributed by atoms with Crippen molar-refractivity contribution in [3.05, 3.63) is 217 Å². The van der Waals surface area contributed by atoms with Gasteiger partial charge in [-0.1, -0.05) is 193 Å². The van der Waals surface area contributed by atoms with Gasteiger partial charge in [-0.2, -0.15) is 0 Å². The van der Waals surface area contributed by atoms with E-state index in [2.05, 4.69) is 220 Å². The molecule has 4 heteroatoms. The van der Waals surface area contributed by atoms with Crippen LogP contribution in [0.5, 0.6) is 0 Å². The molecule has 10 aromatic rings. The maximum absolute atomic E-state index is 2.28. The standard InChI is InChI=1S/2C20H15.C12H10Si.2ClH.Hf/c2*1-14-13-16-8-3-5-11-18(16)20(14)19-12-6-9-15-7-2-4-10-17(15)19;1-3-7-11(8-4-1)13-12-9-5-2-6-10-12;;;/h2*2-13H,1H3;1-10H;2*1H;/q2*-1;;;;+4/p-2. The van der Waals surface area contributed by atoms with Gasteiger partial charge in [0.15, 0.2) is 0 Å². The van der Waals surface area contributed by atoms with Crippen LogP contribution >= 0.6 is 0 Å². The van der Waals surface area contributed by atoms with Crippen molar-refractivity contribution in [1.29, 1.82) is 0 Å². The largest absolute Gasteiger partial charge is 4.00 e. The number of hydrogen-bond acceptors (Lipinski definition) is 0. The van der Waals surface area contributed by atoms with E-state index in [-0.39, 0.29) is 50.7 Å². The number of fused-ring (bicyclic) bond motifs is 4. The van der Waals surface area contributed by atoms with Crippen LogP contribution in [0.1, 0.15) is 11.1 Å². The summed E-state index contributed by atoms with van der Waals surface area (Å²) in [6.07, 6.45) is 0. The molecule has 56 heavy (non-hydrogen) atoms. The fourth-order valence-corrected chi connectivity index (χ4v) is 8.60. The first-order valence-corrected chi connectivity index (χ1v) is 19.3. The predicted molar refractivity (Wildman–Crippen MR) is 232 cm³/mol. The SMILES string of the molecule is Cc1[cH-]c2ccccc2c1-c1cccc2ccccc12.Cc1[cH-]c2ccccc2c1-c1cccc2ccccc12.[Cl-].[Cl-].[Hf+4].c1ccc([Si]c2ccccc2)cc1. The molecule has 0 heterocycles. The molecule has 0 bridgehead atoms. The molecule has 0 saturated carbocycles. The molecule has 10 rings (SSSR count). The van der Waals surface area contributed by atoms with Gasteiger partial charge in [-0.25, -0.2) is 0 Å². The van der Waals surface area contributed by atoms with Crippen molar-refractivity contribution < 1.29 is 50.7 Å². The molecular weight excluding hydrogens is 902 g/mol. The van der Waals surface area contributed by atoms with Crippen LogP contribution in [0, 0.1) is 13.8 Å². The molecule has 0 spiro atoms. The molecule has 0 N–H and O–H groups in total. The van der Waals surface area contributed by atoms with E-state index in [1.54, 1.807) is 0 Å². The minimum atomic E-state index is 0. The first-order valence-electron chi connectivity index (χ1n) is 18.3. The zero-order chi connectivity index (χ0) is 36.0. The second-order valence-electron chi connectivity index (χ2n) is 13.5. The molecule has 0 atom stereocenters. The maximum atomic E-state index is 2.28. The van der Waals surface area contributed by atoms with Gasteiger partial charge in [0.1, 0.15) is 9.52 Å². The molecular formula is C52H40Cl2HfSi. The summed E-state index contributed by atoms with van der Waals surface area (Å²) in [6.45, 7) is 4.41. The molecule has 0 amide bonds. The van der Waals surface area contributed by atoms with E-state index >= 15 is 0 Å². The Bertz CT molecular complexity index is 2580. The Labute approximate surface area is 364 Å². The second-order valence-corrected chi connectivity index (χ2v) is 14.9. The summed E-state index contributed by atoms with van der Waals surface area (Å²) in [5.74, 6) is 0. The fourth-order valence-electron chi connectivity index (χ4n) is 7.55. The van der Waals surface area contributed by atoms with E-state index in [1.807, 2.05) is 0 Å². The fraction of sp³-hybridized carbons (Fsp3) is 0.0385. The Morgan fingerprint density at radius 3 is 1.07 bits per heavy atom. The van der Waals surface area contributed by atoms with E-state index in [0.29, 0.717) is 0 Å². The molecule has 0 saturated heterocycles. The average molecular weight is 942 g/mol. The van der Waals surface area contributed by atoms with Crippen molar-refractivity contribution >= 4 is 63.0 Å². The third-order valence-electron chi connectivity index (χ3n) is 9.95. The average Bonchev–Trinajstić information content (AvgIpc) is 3.73. The van der Waals surface area contributed by atoms with Crippen molar-refractivity contribution in [3.63, 3.8) is 0 Å². The molecule has 10 aromatic carbocycles. The minimum Gasteiger partial charge on any atom is -1.00 e. The predicted octanol–water partition coefficient (Wildman–Crippen LogP) is 6.72. The maximum Gasteiger partial charge on any atom is 4.00 e. The Hall–Kier alpha value is -4.83. The van der Waals surface area contributed by atoms with Gasteiger partial charge in [0.05, 0.1) is 0 Å². The van der Waals surface area contributed by atoms with Crippen molar-refractivity contribution in [2.24, 2.45) is 0 Å². The molecule has 270 valence electrons. The summed E-state index contributed by atoms with van der Waals surface area (Å²) in [4.78, 5) is 0. The number of aryl methyl sites for hydroxylation is 2. The van der Waals surface area contributed by atoms with Crippen molar-refractivity contribution in [2.75, 3.05) is 0 Å². The van der Waals surface area contributed by atoms with Crippen LogP contribution in [0.15, 0.2) is 206 Å². The molecule has 0 aliphatic rings. The summed E-state index contributed by atoms with van der Waals surface area (Å²) in [6, 6.07) is 73.4. The zero-order valence-corrected chi connectivity index (χ0v) is 37.5. The number of hydrogen-bond donors (Lipinski definition) is 0. The van der Waals surface area contributed by atoms with E-state index < -0.39 is 0 Å². The quantitative estimate of drug-likeness (QED) is 0.136. The van der Waals surface area contributed by atoms with Gasteiger partial charge < -0.3 is 24.8 Å². The third kappa shape index (κ3) is 9.23. The van der Waals surface area contributed by atoms with Gasteiger partial charge >= 0.3 is 25.8 Å². The normalized spacial score (nSPS) is 10.3. The summed E-state index contributed by atoms with van der Waals surface area (Å²) < 4.78 is 0. The minimum absolute atomic E-state index is 0. The van der Waals surface area contributed by atoms with E-state index in [1.165, 1.54) is 86.8 Å². The smallest absolute Gasteiger partial charge is 1.00 e. The van der Waals surface area contributed by atoms with Crippen LogP contribution in [0.2, 0.25) is 0 Å². The van der Waals surface area contributed by atoms with E-state index in [0.717, 1.165) is 9.52 Å². The van der Waals surface area contributed by atoms with Gasteiger partial charge in [-0.3, -0.25) is 0 Å². The van der Waals surface area contributed by atoms with Gasteiger partial charge in [0.25, 0.3) is 0 Å². The third-order valence-corrected chi connectivity index (χ3v) is 11.2. The Morgan fingerprint density at radius 2 is 0.661 bits per heavy atom. The van der Waals surface area contributed by atoms with Crippen molar-refractivity contribution in [3.8, 4) is 22.3 Å². The van der Waals surface area contributed by atoms with Crippen LogP contribution in [-0.2, 0) is 25.8 Å². The summed E-state index contributed by atoms with van der Waals surface area (Å²) >= 11 is 0. The van der Waals surface area contributed by atoms with Gasteiger partial charge in [0, 0.05) is 0 Å². The summed E-state index contributed by atoms with van der Waals surface area (Å²) in [5, 5.41) is 13.4. The first-order chi connectivity index (χ1) is 26.1. The summed E-state index contributed by atoms with van der Waals surface area (Å²) in [7, 11) is 0.777. The van der Waals surface area contributed by atoms with Crippen molar-refractivity contribution in [1.82, 2.24) is 0 Å². The first kappa shape index (κ1) is 42.3. The van der Waals surface area contributed by atoms with Crippen LogP contribution in [0.25, 0.3) is 65.3 Å². The number of halogens is 2. The molecule has 0 aliphatic carbocycles. The van der Waals surface area contributed by atoms with Crippen LogP contribution < -0.4 is 35.2 Å². The molecule has 0 fully saturated rings. The number of rotatable bonds is 4. The Kier molecular flexibility index (Phi) is 15.0. The topological polar surface area (TPSA) is 0 Å². The monoisotopic (exact) mass is 942 g/mol. The van der Waals surface area contributed by atoms with E-state index in [4.69, 9.17) is 0 Å². The molecule has 0 aromatic heterocycles. The van der Waals surface area contributed by atoms with Crippen LogP contribution in [0.3, 0.4) is 0 Å². The molecule has 0 unspecified atom stereocenters. The van der Waals surface area contributed by atoms with Gasteiger partial charge in [-0.15, -0.1) is 92.3 Å². The Balaban J connectivity index is 0.000000160. The molecule has 0 aliphatic heterocycles. The second kappa shape index (κ2) is 19.8. The van der Waals surface area contributed by atoms with Gasteiger partial charge in [-0.05, 0) is 21.5 Å². The zero-order valence-electron chi connectivity index (χ0n) is 31.4. The molecule has 0 nitrogen and oxygen atoms in total. The molecule has 2 radical (unpaired) electrons. The Morgan fingerprint density at radius 1 is 0.339 bits per heavy atom. The van der Waals surface area contributed by atoms with Gasteiger partial charge in [0.2, 0.25) is 0 Å². The summed E-state index contributed by atoms with van der Waals surface area (Å²) in [5.41, 5.74) is 8.11. The number of benzene rings is 8. The van der Waals surface area contributed by atoms with Crippen LogP contribution in [0.4, 0.5) is 0 Å².